The van der Waals surface area contributed by atoms with Gasteiger partial charge in [0.1, 0.15) is 10.8 Å². The van der Waals surface area contributed by atoms with E-state index in [0.29, 0.717) is 18.2 Å². The highest BCUT2D eigenvalue weighted by Crippen LogP contribution is 2.27. The van der Waals surface area contributed by atoms with Crippen LogP contribution in [0.15, 0.2) is 53.6 Å². The summed E-state index contributed by atoms with van der Waals surface area (Å²) in [5, 5.41) is 3.99. The Labute approximate surface area is 181 Å². The molecule has 0 saturated heterocycles. The third kappa shape index (κ3) is 5.11. The fraction of sp³-hybridized carbons (Fsp3) is 0.375. The molecule has 1 aliphatic carbocycles. The van der Waals surface area contributed by atoms with Crippen molar-refractivity contribution in [1.82, 2.24) is 15.3 Å². The van der Waals surface area contributed by atoms with Crippen LogP contribution in [0, 0.1) is 0 Å². The first-order valence-electron chi connectivity index (χ1n) is 10.5. The van der Waals surface area contributed by atoms with E-state index in [1.807, 2.05) is 48.5 Å². The number of amides is 1. The molecular weight excluding hydrogens is 394 g/mol. The molecule has 30 heavy (non-hydrogen) atoms. The van der Waals surface area contributed by atoms with Crippen molar-refractivity contribution in [3.63, 3.8) is 0 Å². The second kappa shape index (κ2) is 9.94. The second-order valence-electron chi connectivity index (χ2n) is 7.64. The first kappa shape index (κ1) is 20.7. The SMILES string of the molecule is COc1ccccc1Cc1nc2ccccc2nc1SCC(=O)NC1CCCCC1. The molecule has 0 aliphatic heterocycles. The zero-order chi connectivity index (χ0) is 20.8. The normalized spacial score (nSPS) is 14.6. The minimum atomic E-state index is 0.0742. The van der Waals surface area contributed by atoms with Gasteiger partial charge in [0, 0.05) is 18.0 Å². The highest BCUT2D eigenvalue weighted by molar-refractivity contribution is 7.99. The van der Waals surface area contributed by atoms with Crippen molar-refractivity contribution >= 4 is 28.7 Å². The van der Waals surface area contributed by atoms with Crippen LogP contribution in [0.3, 0.4) is 0 Å². The van der Waals surface area contributed by atoms with Gasteiger partial charge >= 0.3 is 0 Å². The lowest BCUT2D eigenvalue weighted by Crippen LogP contribution is -2.37. The fourth-order valence-corrected chi connectivity index (χ4v) is 4.73. The Morgan fingerprint density at radius 3 is 2.50 bits per heavy atom. The second-order valence-corrected chi connectivity index (χ2v) is 8.61. The van der Waals surface area contributed by atoms with Crippen molar-refractivity contribution in [2.45, 2.75) is 49.6 Å². The van der Waals surface area contributed by atoms with Gasteiger partial charge in [-0.3, -0.25) is 4.79 Å². The Morgan fingerprint density at radius 2 is 1.73 bits per heavy atom. The number of aromatic nitrogens is 2. The van der Waals surface area contributed by atoms with Gasteiger partial charge in [0.05, 0.1) is 29.6 Å². The number of carbonyl (C=O) groups is 1. The number of benzene rings is 2. The van der Waals surface area contributed by atoms with Crippen LogP contribution in [-0.4, -0.2) is 34.8 Å². The van der Waals surface area contributed by atoms with Crippen LogP contribution in [0.5, 0.6) is 5.75 Å². The number of para-hydroxylation sites is 3. The molecule has 1 heterocycles. The lowest BCUT2D eigenvalue weighted by Gasteiger charge is -2.22. The number of thioether (sulfide) groups is 1. The van der Waals surface area contributed by atoms with Gasteiger partial charge in [0.15, 0.2) is 0 Å². The maximum atomic E-state index is 12.5. The predicted octanol–water partition coefficient (Wildman–Crippen LogP) is 4.77. The summed E-state index contributed by atoms with van der Waals surface area (Å²) < 4.78 is 5.51. The maximum absolute atomic E-state index is 12.5. The lowest BCUT2D eigenvalue weighted by molar-refractivity contribution is -0.119. The molecule has 1 N–H and O–H groups in total. The van der Waals surface area contributed by atoms with Crippen molar-refractivity contribution in [3.8, 4) is 5.75 Å². The predicted molar refractivity (Wildman–Crippen MR) is 121 cm³/mol. The molecule has 3 aromatic rings. The van der Waals surface area contributed by atoms with E-state index in [1.54, 1.807) is 7.11 Å². The third-order valence-electron chi connectivity index (χ3n) is 5.47. The number of nitrogens with zero attached hydrogens (tertiary/aromatic N) is 2. The summed E-state index contributed by atoms with van der Waals surface area (Å²) in [6.45, 7) is 0. The van der Waals surface area contributed by atoms with Gasteiger partial charge in [-0.2, -0.15) is 0 Å². The number of hydrogen-bond donors (Lipinski definition) is 1. The molecule has 1 saturated carbocycles. The van der Waals surface area contributed by atoms with Gasteiger partial charge < -0.3 is 10.1 Å². The molecule has 0 unspecified atom stereocenters. The summed E-state index contributed by atoms with van der Waals surface area (Å²) in [5.74, 6) is 1.26. The summed E-state index contributed by atoms with van der Waals surface area (Å²) in [5.41, 5.74) is 3.63. The highest BCUT2D eigenvalue weighted by Gasteiger charge is 2.18. The zero-order valence-corrected chi connectivity index (χ0v) is 18.1. The molecule has 156 valence electrons. The summed E-state index contributed by atoms with van der Waals surface area (Å²) in [6.07, 6.45) is 6.47. The molecule has 2 aromatic carbocycles. The standard InChI is InChI=1S/C24H27N3O2S/c1-29-22-14-8-5-9-17(22)15-21-24(27-20-13-7-6-12-19(20)26-21)30-16-23(28)25-18-10-3-2-4-11-18/h5-9,12-14,18H,2-4,10-11,15-16H2,1H3,(H,25,28). The molecule has 1 amide bonds. The lowest BCUT2D eigenvalue weighted by atomic mass is 9.95. The van der Waals surface area contributed by atoms with Gasteiger partial charge in [0.25, 0.3) is 0 Å². The van der Waals surface area contributed by atoms with E-state index in [2.05, 4.69) is 5.32 Å². The summed E-state index contributed by atoms with van der Waals surface area (Å²) in [6, 6.07) is 16.1. The molecular formula is C24H27N3O2S. The average molecular weight is 422 g/mol. The molecule has 1 fully saturated rings. The number of nitrogens with one attached hydrogen (secondary N) is 1. The van der Waals surface area contributed by atoms with Crippen molar-refractivity contribution < 1.29 is 9.53 Å². The summed E-state index contributed by atoms with van der Waals surface area (Å²) in [7, 11) is 1.68. The van der Waals surface area contributed by atoms with Crippen LogP contribution < -0.4 is 10.1 Å². The molecule has 6 heteroatoms. The molecule has 1 aliphatic rings. The Morgan fingerprint density at radius 1 is 1.03 bits per heavy atom. The third-order valence-corrected chi connectivity index (χ3v) is 6.47. The molecule has 0 bridgehead atoms. The number of fused-ring (bicyclic) bond motifs is 1. The average Bonchev–Trinajstić information content (AvgIpc) is 2.78. The monoisotopic (exact) mass is 421 g/mol. The van der Waals surface area contributed by atoms with Gasteiger partial charge in [-0.1, -0.05) is 61.4 Å². The Hall–Kier alpha value is -2.60. The fourth-order valence-electron chi connectivity index (χ4n) is 3.93. The molecule has 5 nitrogen and oxygen atoms in total. The number of rotatable bonds is 7. The molecule has 4 rings (SSSR count). The minimum absolute atomic E-state index is 0.0742. The number of ether oxygens (including phenoxy) is 1. The van der Waals surface area contributed by atoms with Crippen LogP contribution in [-0.2, 0) is 11.2 Å². The van der Waals surface area contributed by atoms with E-state index in [0.717, 1.165) is 45.9 Å². The van der Waals surface area contributed by atoms with Crippen molar-refractivity contribution in [2.75, 3.05) is 12.9 Å². The quantitative estimate of drug-likeness (QED) is 0.557. The van der Waals surface area contributed by atoms with Crippen LogP contribution in [0.4, 0.5) is 0 Å². The minimum Gasteiger partial charge on any atom is -0.496 e. The van der Waals surface area contributed by atoms with E-state index in [1.165, 1.54) is 31.0 Å². The largest absolute Gasteiger partial charge is 0.496 e. The van der Waals surface area contributed by atoms with E-state index < -0.39 is 0 Å². The Balaban J connectivity index is 1.54. The van der Waals surface area contributed by atoms with Crippen LogP contribution >= 0.6 is 11.8 Å². The van der Waals surface area contributed by atoms with Crippen molar-refractivity contribution in [2.24, 2.45) is 0 Å². The van der Waals surface area contributed by atoms with Crippen LogP contribution in [0.2, 0.25) is 0 Å². The van der Waals surface area contributed by atoms with Gasteiger partial charge in [0.2, 0.25) is 5.91 Å². The molecule has 0 radical (unpaired) electrons. The number of carbonyl (C=O) groups excluding carboxylic acids is 1. The van der Waals surface area contributed by atoms with Crippen LogP contribution in [0.1, 0.15) is 43.4 Å². The van der Waals surface area contributed by atoms with Gasteiger partial charge in [-0.25, -0.2) is 9.97 Å². The van der Waals surface area contributed by atoms with Crippen molar-refractivity contribution in [1.29, 1.82) is 0 Å². The Kier molecular flexibility index (Phi) is 6.84. The Bertz CT molecular complexity index is 1020. The first-order chi connectivity index (χ1) is 14.7. The van der Waals surface area contributed by atoms with E-state index in [4.69, 9.17) is 14.7 Å². The smallest absolute Gasteiger partial charge is 0.230 e. The van der Waals surface area contributed by atoms with Gasteiger partial charge in [-0.15, -0.1) is 0 Å². The zero-order valence-electron chi connectivity index (χ0n) is 17.3. The summed E-state index contributed by atoms with van der Waals surface area (Å²) >= 11 is 1.46. The molecule has 0 spiro atoms. The maximum Gasteiger partial charge on any atom is 0.230 e. The number of hydrogen-bond acceptors (Lipinski definition) is 5. The molecule has 0 atom stereocenters. The van der Waals surface area contributed by atoms with E-state index in [-0.39, 0.29) is 5.91 Å². The van der Waals surface area contributed by atoms with Gasteiger partial charge in [-0.05, 0) is 31.0 Å². The van der Waals surface area contributed by atoms with Crippen molar-refractivity contribution in [3.05, 3.63) is 59.8 Å². The van der Waals surface area contributed by atoms with E-state index >= 15 is 0 Å². The topological polar surface area (TPSA) is 64.1 Å². The molecule has 1 aromatic heterocycles. The van der Waals surface area contributed by atoms with E-state index in [9.17, 15) is 4.79 Å². The first-order valence-corrected chi connectivity index (χ1v) is 11.5. The summed E-state index contributed by atoms with van der Waals surface area (Å²) in [4.78, 5) is 22.2. The highest BCUT2D eigenvalue weighted by atomic mass is 32.2. The van der Waals surface area contributed by atoms with Crippen LogP contribution in [0.25, 0.3) is 11.0 Å². The number of methoxy groups -OCH3 is 1.